The lowest BCUT2D eigenvalue weighted by molar-refractivity contribution is -0.139. The van der Waals surface area contributed by atoms with E-state index < -0.39 is 5.97 Å². The Hall–Kier alpha value is -0.870. The topological polar surface area (TPSA) is 52.1 Å². The van der Waals surface area contributed by atoms with Crippen LogP contribution < -0.4 is 0 Å². The molecule has 1 heterocycles. The van der Waals surface area contributed by atoms with Crippen molar-refractivity contribution in [2.24, 2.45) is 0 Å². The minimum absolute atomic E-state index is 0.0198. The van der Waals surface area contributed by atoms with Gasteiger partial charge in [-0.25, -0.2) is 9.97 Å². The molecule has 0 aliphatic carbocycles. The van der Waals surface area contributed by atoms with Crippen LogP contribution in [0.25, 0.3) is 0 Å². The van der Waals surface area contributed by atoms with Crippen LogP contribution in [0.5, 0.6) is 0 Å². The second-order valence-electron chi connectivity index (χ2n) is 2.20. The molecule has 0 radical (unpaired) electrons. The predicted molar refractivity (Wildman–Crippen MR) is 47.8 cm³/mol. The highest BCUT2D eigenvalue weighted by molar-refractivity contribution is 6.31. The summed E-state index contributed by atoms with van der Waals surface area (Å²) in [4.78, 5) is 18.3. The molecule has 0 N–H and O–H groups in total. The second-order valence-corrected chi connectivity index (χ2v) is 2.93. The molecule has 0 aromatic carbocycles. The zero-order chi connectivity index (χ0) is 9.84. The van der Waals surface area contributed by atoms with Gasteiger partial charge in [-0.05, 0) is 17.7 Å². The zero-order valence-corrected chi connectivity index (χ0v) is 8.26. The molecule has 0 aliphatic rings. The van der Waals surface area contributed by atoms with Gasteiger partial charge in [0, 0.05) is 0 Å². The summed E-state index contributed by atoms with van der Waals surface area (Å²) in [5.41, 5.74) is 0.442. The third-order valence-corrected chi connectivity index (χ3v) is 1.64. The lowest BCUT2D eigenvalue weighted by Gasteiger charge is -1.99. The first-order valence-corrected chi connectivity index (χ1v) is 4.13. The Bertz CT molecular complexity index is 310. The van der Waals surface area contributed by atoms with E-state index in [-0.39, 0.29) is 16.9 Å². The van der Waals surface area contributed by atoms with Crippen LogP contribution in [-0.2, 0) is 16.0 Å². The highest BCUT2D eigenvalue weighted by Gasteiger charge is 2.06. The Morgan fingerprint density at radius 1 is 1.54 bits per heavy atom. The zero-order valence-electron chi connectivity index (χ0n) is 6.75. The highest BCUT2D eigenvalue weighted by atomic mass is 35.5. The standard InChI is InChI=1S/C7H6Cl2N2O2/c1-13-6(12)3-4-2-5(8)11-7(9)10-4/h2H,3H2,1H3. The molecule has 0 fully saturated rings. The number of methoxy groups -OCH3 is 1. The number of carbonyl (C=O) groups excluding carboxylic acids is 1. The van der Waals surface area contributed by atoms with Gasteiger partial charge in [-0.2, -0.15) is 0 Å². The first kappa shape index (κ1) is 10.2. The van der Waals surface area contributed by atoms with Crippen LogP contribution in [0.15, 0.2) is 6.07 Å². The van der Waals surface area contributed by atoms with Crippen LogP contribution in [0.2, 0.25) is 10.4 Å². The third-order valence-electron chi connectivity index (χ3n) is 1.27. The van der Waals surface area contributed by atoms with Gasteiger partial charge in [-0.15, -0.1) is 0 Å². The summed E-state index contributed by atoms with van der Waals surface area (Å²) in [6.07, 6.45) is 0.0401. The van der Waals surface area contributed by atoms with Crippen molar-refractivity contribution in [3.63, 3.8) is 0 Å². The Morgan fingerprint density at radius 3 is 2.77 bits per heavy atom. The number of aromatic nitrogens is 2. The minimum atomic E-state index is -0.397. The Morgan fingerprint density at radius 2 is 2.23 bits per heavy atom. The van der Waals surface area contributed by atoms with Crippen molar-refractivity contribution in [1.29, 1.82) is 0 Å². The number of nitrogens with zero attached hydrogens (tertiary/aromatic N) is 2. The van der Waals surface area contributed by atoms with Crippen molar-refractivity contribution in [1.82, 2.24) is 9.97 Å². The van der Waals surface area contributed by atoms with E-state index in [1.807, 2.05) is 0 Å². The fourth-order valence-electron chi connectivity index (χ4n) is 0.744. The van der Waals surface area contributed by atoms with Crippen molar-refractivity contribution in [3.05, 3.63) is 22.2 Å². The number of ether oxygens (including phenoxy) is 1. The summed E-state index contributed by atoms with van der Waals surface area (Å²) in [5.74, 6) is -0.397. The minimum Gasteiger partial charge on any atom is -0.469 e. The molecule has 1 aromatic heterocycles. The summed E-state index contributed by atoms with van der Waals surface area (Å²) < 4.78 is 4.45. The van der Waals surface area contributed by atoms with Gasteiger partial charge in [0.25, 0.3) is 0 Å². The van der Waals surface area contributed by atoms with E-state index in [9.17, 15) is 4.79 Å². The highest BCUT2D eigenvalue weighted by Crippen LogP contribution is 2.11. The van der Waals surface area contributed by atoms with Crippen LogP contribution in [-0.4, -0.2) is 23.0 Å². The van der Waals surface area contributed by atoms with E-state index >= 15 is 0 Å². The maximum Gasteiger partial charge on any atom is 0.311 e. The third kappa shape index (κ3) is 3.16. The maximum absolute atomic E-state index is 10.8. The lowest BCUT2D eigenvalue weighted by atomic mass is 10.3. The van der Waals surface area contributed by atoms with Crippen LogP contribution in [0.1, 0.15) is 5.69 Å². The number of rotatable bonds is 2. The van der Waals surface area contributed by atoms with E-state index in [1.165, 1.54) is 13.2 Å². The van der Waals surface area contributed by atoms with Crippen molar-refractivity contribution in [3.8, 4) is 0 Å². The van der Waals surface area contributed by atoms with Crippen LogP contribution in [0.4, 0.5) is 0 Å². The largest absolute Gasteiger partial charge is 0.469 e. The quantitative estimate of drug-likeness (QED) is 0.431. The smallest absolute Gasteiger partial charge is 0.311 e. The van der Waals surface area contributed by atoms with Crippen LogP contribution in [0.3, 0.4) is 0 Å². The van der Waals surface area contributed by atoms with Crippen molar-refractivity contribution < 1.29 is 9.53 Å². The molecule has 0 saturated heterocycles. The average molecular weight is 221 g/mol. The number of halogens is 2. The molecule has 13 heavy (non-hydrogen) atoms. The summed E-state index contributed by atoms with van der Waals surface area (Å²) in [6.45, 7) is 0. The molecule has 1 aromatic rings. The molecule has 1 rings (SSSR count). The van der Waals surface area contributed by atoms with Gasteiger partial charge >= 0.3 is 5.97 Å². The van der Waals surface area contributed by atoms with Crippen molar-refractivity contribution in [2.75, 3.05) is 7.11 Å². The first-order chi connectivity index (χ1) is 6.11. The second kappa shape index (κ2) is 4.39. The maximum atomic E-state index is 10.8. The van der Waals surface area contributed by atoms with Crippen LogP contribution in [0, 0.1) is 0 Å². The summed E-state index contributed by atoms with van der Waals surface area (Å²) >= 11 is 11.1. The molecule has 70 valence electrons. The molecule has 4 nitrogen and oxygen atoms in total. The van der Waals surface area contributed by atoms with Gasteiger partial charge < -0.3 is 4.74 Å². The fourth-order valence-corrected chi connectivity index (χ4v) is 1.19. The molecule has 6 heteroatoms. The molecule has 0 unspecified atom stereocenters. The summed E-state index contributed by atoms with van der Waals surface area (Å²) in [5, 5.41) is 0.227. The van der Waals surface area contributed by atoms with Gasteiger partial charge in [0.2, 0.25) is 5.28 Å². The van der Waals surface area contributed by atoms with Crippen LogP contribution >= 0.6 is 23.2 Å². The summed E-state index contributed by atoms with van der Waals surface area (Å²) in [6, 6.07) is 1.46. The molecule has 0 bridgehead atoms. The SMILES string of the molecule is COC(=O)Cc1cc(Cl)nc(Cl)n1. The predicted octanol–water partition coefficient (Wildman–Crippen LogP) is 1.50. The van der Waals surface area contributed by atoms with E-state index in [1.54, 1.807) is 0 Å². The van der Waals surface area contributed by atoms with Gasteiger partial charge in [0.05, 0.1) is 19.2 Å². The average Bonchev–Trinajstić information content (AvgIpc) is 2.02. The number of hydrogen-bond donors (Lipinski definition) is 0. The van der Waals surface area contributed by atoms with E-state index in [2.05, 4.69) is 14.7 Å². The molecular formula is C7H6Cl2N2O2. The molecule has 0 spiro atoms. The Labute approximate surface area is 84.8 Å². The van der Waals surface area contributed by atoms with Gasteiger partial charge in [0.1, 0.15) is 5.15 Å². The summed E-state index contributed by atoms with van der Waals surface area (Å²) in [7, 11) is 1.30. The van der Waals surface area contributed by atoms with Crippen molar-refractivity contribution in [2.45, 2.75) is 6.42 Å². The Kier molecular flexibility index (Phi) is 3.45. The van der Waals surface area contributed by atoms with E-state index in [0.29, 0.717) is 5.69 Å². The molecule has 0 aliphatic heterocycles. The lowest BCUT2D eigenvalue weighted by Crippen LogP contribution is -2.06. The first-order valence-electron chi connectivity index (χ1n) is 3.37. The van der Waals surface area contributed by atoms with Gasteiger partial charge in [0.15, 0.2) is 0 Å². The van der Waals surface area contributed by atoms with Crippen molar-refractivity contribution >= 4 is 29.2 Å². The number of hydrogen-bond acceptors (Lipinski definition) is 4. The molecule has 0 amide bonds. The number of esters is 1. The normalized spacial score (nSPS) is 9.77. The van der Waals surface area contributed by atoms with E-state index in [0.717, 1.165) is 0 Å². The molecule has 0 saturated carbocycles. The van der Waals surface area contributed by atoms with E-state index in [4.69, 9.17) is 23.2 Å². The van der Waals surface area contributed by atoms with Gasteiger partial charge in [-0.1, -0.05) is 11.6 Å². The van der Waals surface area contributed by atoms with Gasteiger partial charge in [-0.3, -0.25) is 4.79 Å². The molecule has 0 atom stereocenters. The fraction of sp³-hybridized carbons (Fsp3) is 0.286. The monoisotopic (exact) mass is 220 g/mol. The Balaban J connectivity index is 2.83. The number of carbonyl (C=O) groups is 1. The molecular weight excluding hydrogens is 215 g/mol.